The topological polar surface area (TPSA) is 77.9 Å². The molecule has 1 atom stereocenters. The van der Waals surface area contributed by atoms with Gasteiger partial charge in [-0.05, 0) is 42.3 Å². The zero-order valence-corrected chi connectivity index (χ0v) is 10.9. The van der Waals surface area contributed by atoms with Gasteiger partial charge in [0, 0.05) is 23.9 Å². The molecule has 1 aromatic rings. The Morgan fingerprint density at radius 1 is 1.42 bits per heavy atom. The van der Waals surface area contributed by atoms with Crippen LogP contribution >= 0.6 is 0 Å². The highest BCUT2D eigenvalue weighted by molar-refractivity contribution is 5.79. The van der Waals surface area contributed by atoms with E-state index in [0.717, 1.165) is 19.3 Å². The van der Waals surface area contributed by atoms with E-state index in [-0.39, 0.29) is 11.8 Å². The zero-order valence-electron chi connectivity index (χ0n) is 10.9. The number of nitrogens with zero attached hydrogens (tertiary/aromatic N) is 3. The van der Waals surface area contributed by atoms with E-state index in [2.05, 4.69) is 33.5 Å². The van der Waals surface area contributed by atoms with Crippen LogP contribution in [-0.4, -0.2) is 19.0 Å². The molecule has 1 amide bonds. The minimum Gasteiger partial charge on any atom is -0.356 e. The lowest BCUT2D eigenvalue weighted by Gasteiger charge is -2.23. The minimum atomic E-state index is 0.0781. The average Bonchev–Trinajstić information content (AvgIpc) is 2.46. The number of carbonyl (C=O) groups excluding carboxylic acids is 1. The second kappa shape index (κ2) is 6.81. The van der Waals surface area contributed by atoms with Gasteiger partial charge in [-0.1, -0.05) is 29.4 Å². The molecule has 0 saturated heterocycles. The maximum Gasteiger partial charge on any atom is 0.223 e. The summed E-state index contributed by atoms with van der Waals surface area (Å²) < 4.78 is 0. The molecule has 1 aromatic carbocycles. The van der Waals surface area contributed by atoms with E-state index < -0.39 is 0 Å². The summed E-state index contributed by atoms with van der Waals surface area (Å²) >= 11 is 0. The third-order valence-corrected chi connectivity index (χ3v) is 3.51. The largest absolute Gasteiger partial charge is 0.356 e. The lowest BCUT2D eigenvalue weighted by molar-refractivity contribution is -0.125. The fraction of sp³-hybridized carbons (Fsp3) is 0.500. The highest BCUT2D eigenvalue weighted by atomic mass is 16.1. The van der Waals surface area contributed by atoms with Crippen molar-refractivity contribution in [2.45, 2.75) is 25.7 Å². The van der Waals surface area contributed by atoms with Gasteiger partial charge in [-0.25, -0.2) is 0 Å². The molecule has 0 heterocycles. The quantitative estimate of drug-likeness (QED) is 0.374. The molecular formula is C14H18N4O. The molecule has 19 heavy (non-hydrogen) atoms. The number of azide groups is 1. The Morgan fingerprint density at radius 3 is 3.00 bits per heavy atom. The number of aryl methyl sites for hydroxylation is 1. The van der Waals surface area contributed by atoms with Crippen molar-refractivity contribution in [1.82, 2.24) is 5.32 Å². The lowest BCUT2D eigenvalue weighted by atomic mass is 9.83. The van der Waals surface area contributed by atoms with Gasteiger partial charge >= 0.3 is 0 Å². The van der Waals surface area contributed by atoms with Crippen molar-refractivity contribution in [2.75, 3.05) is 13.1 Å². The van der Waals surface area contributed by atoms with Crippen LogP contribution in [0.5, 0.6) is 0 Å². The third kappa shape index (κ3) is 3.73. The summed E-state index contributed by atoms with van der Waals surface area (Å²) in [6.07, 6.45) is 3.42. The molecule has 0 aromatic heterocycles. The predicted molar refractivity (Wildman–Crippen MR) is 73.6 cm³/mol. The SMILES string of the molecule is [N-]=[N+]=NCCCNC(=O)C1CCc2ccccc2C1. The monoisotopic (exact) mass is 258 g/mol. The molecule has 0 fully saturated rings. The number of carbonyl (C=O) groups is 1. The molecule has 1 aliphatic carbocycles. The molecule has 0 aliphatic heterocycles. The number of hydrogen-bond acceptors (Lipinski definition) is 2. The second-order valence-electron chi connectivity index (χ2n) is 4.81. The maximum absolute atomic E-state index is 12.0. The van der Waals surface area contributed by atoms with Crippen LogP contribution in [0.3, 0.4) is 0 Å². The van der Waals surface area contributed by atoms with Crippen LogP contribution in [0.25, 0.3) is 10.4 Å². The lowest BCUT2D eigenvalue weighted by Crippen LogP contribution is -2.34. The number of fused-ring (bicyclic) bond motifs is 1. The van der Waals surface area contributed by atoms with Crippen LogP contribution < -0.4 is 5.32 Å². The Bertz CT molecular complexity index is 494. The van der Waals surface area contributed by atoms with Gasteiger partial charge in [-0.2, -0.15) is 0 Å². The molecular weight excluding hydrogens is 240 g/mol. The van der Waals surface area contributed by atoms with Gasteiger partial charge in [0.25, 0.3) is 0 Å². The Labute approximate surface area is 112 Å². The summed E-state index contributed by atoms with van der Waals surface area (Å²) in [7, 11) is 0. The van der Waals surface area contributed by atoms with E-state index in [0.29, 0.717) is 19.5 Å². The van der Waals surface area contributed by atoms with Crippen LogP contribution in [0.15, 0.2) is 29.4 Å². The Balaban J connectivity index is 1.80. The molecule has 0 radical (unpaired) electrons. The zero-order chi connectivity index (χ0) is 13.5. The smallest absolute Gasteiger partial charge is 0.223 e. The summed E-state index contributed by atoms with van der Waals surface area (Å²) in [5.41, 5.74) is 10.8. The van der Waals surface area contributed by atoms with E-state index in [1.54, 1.807) is 0 Å². The molecule has 2 rings (SSSR count). The minimum absolute atomic E-state index is 0.0781. The first-order valence-electron chi connectivity index (χ1n) is 6.66. The van der Waals surface area contributed by atoms with Crippen LogP contribution in [-0.2, 0) is 17.6 Å². The molecule has 5 heteroatoms. The highest BCUT2D eigenvalue weighted by Crippen LogP contribution is 2.25. The van der Waals surface area contributed by atoms with E-state index in [9.17, 15) is 4.79 Å². The van der Waals surface area contributed by atoms with Gasteiger partial charge in [0.15, 0.2) is 0 Å². The Kier molecular flexibility index (Phi) is 4.81. The Morgan fingerprint density at radius 2 is 2.21 bits per heavy atom. The van der Waals surface area contributed by atoms with E-state index in [1.165, 1.54) is 11.1 Å². The predicted octanol–water partition coefficient (Wildman–Crippen LogP) is 2.61. The van der Waals surface area contributed by atoms with Gasteiger partial charge in [-0.15, -0.1) is 0 Å². The first-order chi connectivity index (χ1) is 9.31. The molecule has 1 N–H and O–H groups in total. The van der Waals surface area contributed by atoms with Crippen LogP contribution in [0, 0.1) is 5.92 Å². The molecule has 1 aliphatic rings. The van der Waals surface area contributed by atoms with Crippen molar-refractivity contribution in [3.05, 3.63) is 45.8 Å². The van der Waals surface area contributed by atoms with Crippen molar-refractivity contribution in [3.8, 4) is 0 Å². The van der Waals surface area contributed by atoms with Gasteiger partial charge in [0.1, 0.15) is 0 Å². The number of nitrogens with one attached hydrogen (secondary N) is 1. The summed E-state index contributed by atoms with van der Waals surface area (Å²) in [5, 5.41) is 6.36. The molecule has 100 valence electrons. The van der Waals surface area contributed by atoms with Crippen molar-refractivity contribution >= 4 is 5.91 Å². The van der Waals surface area contributed by atoms with E-state index in [4.69, 9.17) is 5.53 Å². The summed E-state index contributed by atoms with van der Waals surface area (Å²) in [5.74, 6) is 0.199. The standard InChI is InChI=1S/C14H18N4O/c15-18-17-9-3-8-16-14(19)13-7-6-11-4-1-2-5-12(11)10-13/h1-2,4-5,13H,3,6-10H2,(H,16,19). The van der Waals surface area contributed by atoms with Gasteiger partial charge in [0.05, 0.1) is 0 Å². The fourth-order valence-corrected chi connectivity index (χ4v) is 2.47. The third-order valence-electron chi connectivity index (χ3n) is 3.51. The molecule has 5 nitrogen and oxygen atoms in total. The normalized spacial score (nSPS) is 17.2. The van der Waals surface area contributed by atoms with Crippen molar-refractivity contribution in [2.24, 2.45) is 11.0 Å². The van der Waals surface area contributed by atoms with E-state index >= 15 is 0 Å². The van der Waals surface area contributed by atoms with Crippen LogP contribution in [0.1, 0.15) is 24.0 Å². The number of rotatable bonds is 5. The van der Waals surface area contributed by atoms with Crippen molar-refractivity contribution in [1.29, 1.82) is 0 Å². The van der Waals surface area contributed by atoms with Crippen molar-refractivity contribution in [3.63, 3.8) is 0 Å². The summed E-state index contributed by atoms with van der Waals surface area (Å²) in [6.45, 7) is 1.01. The number of amides is 1. The Hall–Kier alpha value is -2.00. The average molecular weight is 258 g/mol. The van der Waals surface area contributed by atoms with Gasteiger partial charge in [-0.3, -0.25) is 4.79 Å². The van der Waals surface area contributed by atoms with Gasteiger partial charge < -0.3 is 5.32 Å². The number of hydrogen-bond donors (Lipinski definition) is 1. The van der Waals surface area contributed by atoms with Crippen LogP contribution in [0.2, 0.25) is 0 Å². The first-order valence-corrected chi connectivity index (χ1v) is 6.66. The van der Waals surface area contributed by atoms with E-state index in [1.807, 2.05) is 6.07 Å². The molecule has 0 spiro atoms. The first kappa shape index (κ1) is 13.4. The van der Waals surface area contributed by atoms with Gasteiger partial charge in [0.2, 0.25) is 5.91 Å². The summed E-state index contributed by atoms with van der Waals surface area (Å²) in [6, 6.07) is 8.33. The molecule has 0 saturated carbocycles. The maximum atomic E-state index is 12.0. The second-order valence-corrected chi connectivity index (χ2v) is 4.81. The molecule has 0 bridgehead atoms. The highest BCUT2D eigenvalue weighted by Gasteiger charge is 2.23. The molecule has 1 unspecified atom stereocenters. The van der Waals surface area contributed by atoms with Crippen LogP contribution in [0.4, 0.5) is 0 Å². The summed E-state index contributed by atoms with van der Waals surface area (Å²) in [4.78, 5) is 14.7. The number of benzene rings is 1. The fourth-order valence-electron chi connectivity index (χ4n) is 2.47. The van der Waals surface area contributed by atoms with Crippen molar-refractivity contribution < 1.29 is 4.79 Å².